The van der Waals surface area contributed by atoms with Gasteiger partial charge in [0, 0.05) is 20.2 Å². The molecule has 1 amide bonds. The van der Waals surface area contributed by atoms with Gasteiger partial charge in [-0.25, -0.2) is 4.79 Å². The molecule has 0 radical (unpaired) electrons. The Kier molecular flexibility index (Phi) is 6.41. The van der Waals surface area contributed by atoms with Crippen LogP contribution in [0.4, 0.5) is 4.79 Å². The monoisotopic (exact) mass is 231 g/mol. The Balaban J connectivity index is 4.13. The Labute approximate surface area is 98.6 Å². The van der Waals surface area contributed by atoms with E-state index in [1.165, 1.54) is 0 Å². The smallest absolute Gasteiger partial charge is 0.410 e. The van der Waals surface area contributed by atoms with E-state index < -0.39 is 5.60 Å². The molecule has 0 aliphatic heterocycles. The highest BCUT2D eigenvalue weighted by molar-refractivity contribution is 5.67. The van der Waals surface area contributed by atoms with Gasteiger partial charge in [0.2, 0.25) is 0 Å². The third-order valence-electron chi connectivity index (χ3n) is 2.35. The molecule has 4 nitrogen and oxygen atoms in total. The van der Waals surface area contributed by atoms with Crippen molar-refractivity contribution in [3.05, 3.63) is 0 Å². The van der Waals surface area contributed by atoms with E-state index >= 15 is 0 Å². The fourth-order valence-corrected chi connectivity index (χ4v) is 1.41. The summed E-state index contributed by atoms with van der Waals surface area (Å²) in [6.45, 7) is 8.41. The fraction of sp³-hybridized carbons (Fsp3) is 0.917. The maximum absolute atomic E-state index is 11.7. The molecular weight excluding hydrogens is 206 g/mol. The van der Waals surface area contributed by atoms with Crippen LogP contribution in [-0.2, 0) is 4.74 Å². The summed E-state index contributed by atoms with van der Waals surface area (Å²) in [4.78, 5) is 13.2. The lowest BCUT2D eigenvalue weighted by atomic mass is 10.0. The van der Waals surface area contributed by atoms with Crippen LogP contribution in [0.3, 0.4) is 0 Å². The molecule has 0 aromatic heterocycles. The van der Waals surface area contributed by atoms with Crippen molar-refractivity contribution in [2.75, 3.05) is 20.2 Å². The molecule has 1 atom stereocenters. The predicted octanol–water partition coefficient (Wildman–Crippen LogP) is 2.26. The van der Waals surface area contributed by atoms with Crippen LogP contribution >= 0.6 is 0 Å². The van der Waals surface area contributed by atoms with Gasteiger partial charge in [0.05, 0.1) is 0 Å². The number of aliphatic hydroxyl groups excluding tert-OH is 1. The van der Waals surface area contributed by atoms with Crippen LogP contribution in [0.1, 0.15) is 40.5 Å². The zero-order valence-corrected chi connectivity index (χ0v) is 11.1. The lowest BCUT2D eigenvalue weighted by molar-refractivity contribution is 0.0264. The third-order valence-corrected chi connectivity index (χ3v) is 2.35. The van der Waals surface area contributed by atoms with Crippen molar-refractivity contribution in [2.24, 2.45) is 5.92 Å². The number of carbonyl (C=O) groups is 1. The van der Waals surface area contributed by atoms with Gasteiger partial charge < -0.3 is 14.7 Å². The Morgan fingerprint density at radius 2 is 2.00 bits per heavy atom. The maximum atomic E-state index is 11.7. The van der Waals surface area contributed by atoms with Crippen molar-refractivity contribution < 1.29 is 14.6 Å². The SMILES string of the molecule is CCC(CCO)CN(C)C(=O)OC(C)(C)C. The molecule has 0 aromatic rings. The highest BCUT2D eigenvalue weighted by Crippen LogP contribution is 2.13. The van der Waals surface area contributed by atoms with E-state index in [9.17, 15) is 4.79 Å². The molecule has 0 heterocycles. The zero-order valence-electron chi connectivity index (χ0n) is 11.1. The van der Waals surface area contributed by atoms with Gasteiger partial charge in [0.15, 0.2) is 0 Å². The molecule has 4 heteroatoms. The fourth-order valence-electron chi connectivity index (χ4n) is 1.41. The first-order valence-electron chi connectivity index (χ1n) is 5.85. The summed E-state index contributed by atoms with van der Waals surface area (Å²) in [5.74, 6) is 0.336. The van der Waals surface area contributed by atoms with Crippen molar-refractivity contribution >= 4 is 6.09 Å². The van der Waals surface area contributed by atoms with Gasteiger partial charge >= 0.3 is 6.09 Å². The number of hydrogen-bond donors (Lipinski definition) is 1. The standard InChI is InChI=1S/C12H25NO3/c1-6-10(7-8-14)9-13(5)11(15)16-12(2,3)4/h10,14H,6-9H2,1-5H3. The summed E-state index contributed by atoms with van der Waals surface area (Å²) < 4.78 is 5.25. The lowest BCUT2D eigenvalue weighted by Gasteiger charge is -2.27. The van der Waals surface area contributed by atoms with E-state index in [4.69, 9.17) is 9.84 Å². The summed E-state index contributed by atoms with van der Waals surface area (Å²) >= 11 is 0. The molecule has 0 aromatic carbocycles. The van der Waals surface area contributed by atoms with Crippen LogP contribution in [0, 0.1) is 5.92 Å². The van der Waals surface area contributed by atoms with Crippen molar-refractivity contribution in [1.29, 1.82) is 0 Å². The number of aliphatic hydroxyl groups is 1. The highest BCUT2D eigenvalue weighted by Gasteiger charge is 2.21. The summed E-state index contributed by atoms with van der Waals surface area (Å²) in [7, 11) is 1.73. The van der Waals surface area contributed by atoms with Crippen LogP contribution in [0.15, 0.2) is 0 Å². The quantitative estimate of drug-likeness (QED) is 0.789. The van der Waals surface area contributed by atoms with E-state index in [-0.39, 0.29) is 12.7 Å². The second-order valence-corrected chi connectivity index (χ2v) is 5.15. The summed E-state index contributed by atoms with van der Waals surface area (Å²) in [5, 5.41) is 8.87. The average molecular weight is 231 g/mol. The van der Waals surface area contributed by atoms with Crippen LogP contribution in [0.5, 0.6) is 0 Å². The molecule has 1 N–H and O–H groups in total. The second-order valence-electron chi connectivity index (χ2n) is 5.15. The summed E-state index contributed by atoms with van der Waals surface area (Å²) in [5.41, 5.74) is -0.454. The van der Waals surface area contributed by atoms with Gasteiger partial charge in [0.1, 0.15) is 5.60 Å². The van der Waals surface area contributed by atoms with E-state index in [2.05, 4.69) is 6.92 Å². The molecule has 0 saturated heterocycles. The summed E-state index contributed by atoms with van der Waals surface area (Å²) in [6, 6.07) is 0. The van der Waals surface area contributed by atoms with Crippen molar-refractivity contribution in [2.45, 2.75) is 46.1 Å². The van der Waals surface area contributed by atoms with Crippen LogP contribution < -0.4 is 0 Å². The average Bonchev–Trinajstić information content (AvgIpc) is 2.14. The number of rotatable bonds is 5. The molecule has 16 heavy (non-hydrogen) atoms. The number of nitrogens with zero attached hydrogens (tertiary/aromatic N) is 1. The lowest BCUT2D eigenvalue weighted by Crippen LogP contribution is -2.37. The molecule has 0 saturated carbocycles. The molecule has 96 valence electrons. The van der Waals surface area contributed by atoms with Gasteiger partial charge in [0.25, 0.3) is 0 Å². The first kappa shape index (κ1) is 15.2. The molecule has 0 aliphatic carbocycles. The van der Waals surface area contributed by atoms with Crippen molar-refractivity contribution in [1.82, 2.24) is 4.90 Å². The van der Waals surface area contributed by atoms with E-state index in [1.54, 1.807) is 11.9 Å². The largest absolute Gasteiger partial charge is 0.444 e. The number of carbonyl (C=O) groups excluding carboxylic acids is 1. The highest BCUT2D eigenvalue weighted by atomic mass is 16.6. The minimum atomic E-state index is -0.454. The normalized spacial score (nSPS) is 13.4. The minimum Gasteiger partial charge on any atom is -0.444 e. The molecule has 0 rings (SSSR count). The molecule has 0 bridgehead atoms. The van der Waals surface area contributed by atoms with Crippen molar-refractivity contribution in [3.8, 4) is 0 Å². The second kappa shape index (κ2) is 6.74. The molecule has 0 aliphatic rings. The van der Waals surface area contributed by atoms with Gasteiger partial charge in [-0.05, 0) is 33.1 Å². The van der Waals surface area contributed by atoms with Gasteiger partial charge in [-0.1, -0.05) is 13.3 Å². The first-order valence-corrected chi connectivity index (χ1v) is 5.85. The van der Waals surface area contributed by atoms with E-state index in [0.717, 1.165) is 12.8 Å². The molecule has 0 spiro atoms. The number of amides is 1. The molecular formula is C12H25NO3. The van der Waals surface area contributed by atoms with Crippen LogP contribution in [0.25, 0.3) is 0 Å². The zero-order chi connectivity index (χ0) is 12.8. The topological polar surface area (TPSA) is 49.8 Å². The van der Waals surface area contributed by atoms with Gasteiger partial charge in [-0.3, -0.25) is 0 Å². The van der Waals surface area contributed by atoms with Gasteiger partial charge in [-0.15, -0.1) is 0 Å². The predicted molar refractivity (Wildman–Crippen MR) is 64.3 cm³/mol. The summed E-state index contributed by atoms with van der Waals surface area (Å²) in [6.07, 6.45) is 1.38. The number of ether oxygens (including phenoxy) is 1. The van der Waals surface area contributed by atoms with Crippen molar-refractivity contribution in [3.63, 3.8) is 0 Å². The van der Waals surface area contributed by atoms with Gasteiger partial charge in [-0.2, -0.15) is 0 Å². The Morgan fingerprint density at radius 1 is 1.44 bits per heavy atom. The van der Waals surface area contributed by atoms with Crippen LogP contribution in [0.2, 0.25) is 0 Å². The molecule has 0 fully saturated rings. The number of hydrogen-bond acceptors (Lipinski definition) is 3. The minimum absolute atomic E-state index is 0.167. The van der Waals surface area contributed by atoms with E-state index in [1.807, 2.05) is 20.8 Å². The maximum Gasteiger partial charge on any atom is 0.410 e. The van der Waals surface area contributed by atoms with Crippen LogP contribution in [-0.4, -0.2) is 41.9 Å². The Morgan fingerprint density at radius 3 is 2.38 bits per heavy atom. The Bertz CT molecular complexity index is 211. The third kappa shape index (κ3) is 6.67. The Hall–Kier alpha value is -0.770. The first-order chi connectivity index (χ1) is 7.30. The molecule has 1 unspecified atom stereocenters. The van der Waals surface area contributed by atoms with E-state index in [0.29, 0.717) is 12.5 Å².